The monoisotopic (exact) mass is 541 g/mol. The van der Waals surface area contributed by atoms with E-state index in [1.54, 1.807) is 6.07 Å². The number of benzene rings is 2. The third kappa shape index (κ3) is 6.51. The normalized spacial score (nSPS) is 16.1. The molecule has 1 aliphatic heterocycles. The van der Waals surface area contributed by atoms with Crippen molar-refractivity contribution in [3.63, 3.8) is 0 Å². The molecule has 5 rings (SSSR count). The summed E-state index contributed by atoms with van der Waals surface area (Å²) >= 11 is 0. The van der Waals surface area contributed by atoms with Crippen LogP contribution in [0, 0.1) is 19.3 Å². The van der Waals surface area contributed by atoms with Gasteiger partial charge in [-0.3, -0.25) is 14.5 Å². The highest BCUT2D eigenvalue weighted by atomic mass is 16.5. The van der Waals surface area contributed by atoms with Crippen LogP contribution in [0.1, 0.15) is 64.1 Å². The lowest BCUT2D eigenvalue weighted by Gasteiger charge is -2.26. The molecule has 0 radical (unpaired) electrons. The fourth-order valence-electron chi connectivity index (χ4n) is 5.75. The number of carbonyl (C=O) groups excluding carboxylic acids is 1. The van der Waals surface area contributed by atoms with Gasteiger partial charge in [-0.05, 0) is 55.5 Å². The van der Waals surface area contributed by atoms with E-state index in [9.17, 15) is 9.59 Å². The van der Waals surface area contributed by atoms with Gasteiger partial charge in [0, 0.05) is 72.7 Å². The predicted molar refractivity (Wildman–Crippen MR) is 159 cm³/mol. The summed E-state index contributed by atoms with van der Waals surface area (Å²) in [4.78, 5) is 31.7. The van der Waals surface area contributed by atoms with Crippen LogP contribution in [0.25, 0.3) is 11.1 Å². The van der Waals surface area contributed by atoms with E-state index in [0.29, 0.717) is 22.7 Å². The Kier molecular flexibility index (Phi) is 8.77. The molecule has 1 saturated carbocycles. The number of aromatic nitrogens is 1. The van der Waals surface area contributed by atoms with E-state index in [2.05, 4.69) is 50.8 Å². The van der Waals surface area contributed by atoms with E-state index in [-0.39, 0.29) is 17.9 Å². The molecule has 1 aliphatic carbocycles. The molecule has 2 aromatic carbocycles. The highest BCUT2D eigenvalue weighted by Crippen LogP contribution is 2.31. The minimum atomic E-state index is -0.307. The van der Waals surface area contributed by atoms with Crippen molar-refractivity contribution in [1.29, 1.82) is 5.41 Å². The third-order valence-corrected chi connectivity index (χ3v) is 7.99. The van der Waals surface area contributed by atoms with Gasteiger partial charge in [0.25, 0.3) is 5.91 Å². The highest BCUT2D eigenvalue weighted by molar-refractivity contribution is 6.06. The lowest BCUT2D eigenvalue weighted by Crippen LogP contribution is -2.35. The minimum absolute atomic E-state index is 0.101. The molecule has 0 bridgehead atoms. The first-order chi connectivity index (χ1) is 19.4. The molecule has 0 atom stereocenters. The van der Waals surface area contributed by atoms with Gasteiger partial charge < -0.3 is 25.8 Å². The molecule has 40 heavy (non-hydrogen) atoms. The van der Waals surface area contributed by atoms with Gasteiger partial charge >= 0.3 is 0 Å². The fourth-order valence-corrected chi connectivity index (χ4v) is 5.75. The van der Waals surface area contributed by atoms with Crippen molar-refractivity contribution >= 4 is 17.8 Å². The molecular formula is C32H39N5O3. The summed E-state index contributed by atoms with van der Waals surface area (Å²) in [5, 5.41) is 14.8. The summed E-state index contributed by atoms with van der Waals surface area (Å²) in [6, 6.07) is 14.3. The van der Waals surface area contributed by atoms with Crippen molar-refractivity contribution in [3.05, 3.63) is 86.3 Å². The van der Waals surface area contributed by atoms with Crippen LogP contribution < -0.4 is 16.1 Å². The number of rotatable bonds is 9. The molecule has 2 heterocycles. The second-order valence-electron chi connectivity index (χ2n) is 10.9. The van der Waals surface area contributed by atoms with Crippen molar-refractivity contribution in [2.45, 2.75) is 58.7 Å². The van der Waals surface area contributed by atoms with Gasteiger partial charge in [0.1, 0.15) is 0 Å². The molecule has 210 valence electrons. The summed E-state index contributed by atoms with van der Waals surface area (Å²) in [5.74, 6) is -0.307. The first-order valence-corrected chi connectivity index (χ1v) is 14.2. The number of carbonyl (C=O) groups is 1. The Morgan fingerprint density at radius 1 is 1.07 bits per heavy atom. The summed E-state index contributed by atoms with van der Waals surface area (Å²) < 4.78 is 5.47. The van der Waals surface area contributed by atoms with Gasteiger partial charge in [0.05, 0.1) is 18.8 Å². The average Bonchev–Trinajstić information content (AvgIpc) is 3.46. The van der Waals surface area contributed by atoms with Crippen molar-refractivity contribution in [3.8, 4) is 11.1 Å². The number of nitrogens with zero attached hydrogens (tertiary/aromatic N) is 1. The number of aromatic amines is 1. The second-order valence-corrected chi connectivity index (χ2v) is 10.9. The molecule has 8 heteroatoms. The minimum Gasteiger partial charge on any atom is -0.382 e. The maximum atomic E-state index is 13.6. The number of morpholine rings is 1. The Balaban J connectivity index is 1.44. The van der Waals surface area contributed by atoms with Crippen molar-refractivity contribution in [2.24, 2.45) is 0 Å². The van der Waals surface area contributed by atoms with E-state index in [1.165, 1.54) is 24.6 Å². The van der Waals surface area contributed by atoms with E-state index in [0.717, 1.165) is 73.9 Å². The molecule has 3 aromatic rings. The Hall–Kier alpha value is -3.75. The van der Waals surface area contributed by atoms with Crippen LogP contribution in [-0.2, 0) is 17.8 Å². The molecule has 8 nitrogen and oxygen atoms in total. The summed E-state index contributed by atoms with van der Waals surface area (Å²) in [6.07, 6.45) is 5.77. The number of anilines is 1. The van der Waals surface area contributed by atoms with Crippen LogP contribution in [0.4, 0.5) is 5.69 Å². The van der Waals surface area contributed by atoms with Crippen LogP contribution in [0.3, 0.4) is 0 Å². The zero-order valence-electron chi connectivity index (χ0n) is 23.4. The third-order valence-electron chi connectivity index (χ3n) is 7.99. The van der Waals surface area contributed by atoms with Crippen LogP contribution in [0.2, 0.25) is 0 Å². The Bertz CT molecular complexity index is 1420. The van der Waals surface area contributed by atoms with E-state index in [1.807, 2.05) is 19.9 Å². The molecule has 4 N–H and O–H groups in total. The summed E-state index contributed by atoms with van der Waals surface area (Å²) in [6.45, 7) is 8.11. The number of hydrogen-bond acceptors (Lipinski definition) is 6. The number of H-pyrrole nitrogens is 1. The fraction of sp³-hybridized carbons (Fsp3) is 0.406. The molecule has 1 saturated heterocycles. The first kappa shape index (κ1) is 27.8. The topological polar surface area (TPSA) is 110 Å². The van der Waals surface area contributed by atoms with Gasteiger partial charge in [-0.1, -0.05) is 37.1 Å². The Labute approximate surface area is 235 Å². The molecule has 0 spiro atoms. The number of pyridine rings is 1. The number of nitrogens with one attached hydrogen (secondary N) is 4. The number of ether oxygens (including phenoxy) is 1. The largest absolute Gasteiger partial charge is 0.382 e. The number of amides is 1. The van der Waals surface area contributed by atoms with Gasteiger partial charge in [0.15, 0.2) is 5.43 Å². The van der Waals surface area contributed by atoms with Crippen molar-refractivity contribution < 1.29 is 9.53 Å². The maximum absolute atomic E-state index is 13.6. The molecule has 1 amide bonds. The Morgan fingerprint density at radius 2 is 1.80 bits per heavy atom. The van der Waals surface area contributed by atoms with Crippen LogP contribution >= 0.6 is 0 Å². The van der Waals surface area contributed by atoms with Gasteiger partial charge in [-0.25, -0.2) is 0 Å². The zero-order chi connectivity index (χ0) is 28.1. The first-order valence-electron chi connectivity index (χ1n) is 14.2. The van der Waals surface area contributed by atoms with Gasteiger partial charge in [-0.15, -0.1) is 0 Å². The number of aryl methyl sites for hydroxylation is 2. The smallest absolute Gasteiger partial charge is 0.252 e. The molecular weight excluding hydrogens is 502 g/mol. The highest BCUT2D eigenvalue weighted by Gasteiger charge is 2.21. The van der Waals surface area contributed by atoms with E-state index >= 15 is 0 Å². The maximum Gasteiger partial charge on any atom is 0.252 e. The molecule has 1 aromatic heterocycles. The SMILES string of the molecule is Cc1cc(=O)c(CNC(=O)c2cc(-c3ccc(CN4CCOCC4)cc3)cc(NC3CCCC3)c2C=N)c(C)[nH]1. The number of hydrogen-bond donors (Lipinski definition) is 4. The van der Waals surface area contributed by atoms with E-state index in [4.69, 9.17) is 10.1 Å². The lowest BCUT2D eigenvalue weighted by atomic mass is 9.95. The summed E-state index contributed by atoms with van der Waals surface area (Å²) in [5.41, 5.74) is 6.91. The quantitative estimate of drug-likeness (QED) is 0.292. The van der Waals surface area contributed by atoms with E-state index < -0.39 is 0 Å². The van der Waals surface area contributed by atoms with Crippen molar-refractivity contribution in [1.82, 2.24) is 15.2 Å². The lowest BCUT2D eigenvalue weighted by molar-refractivity contribution is 0.0342. The standard InChI is InChI=1S/C32H39N5O3/c1-21-15-31(38)29(22(2)35-21)19-34-32(39)27-16-25(17-30(28(27)18-33)36-26-5-3-4-6-26)24-9-7-23(8-10-24)20-37-11-13-40-14-12-37/h7-10,15-18,26,33,36H,3-6,11-14,19-20H2,1-2H3,(H,34,39)(H,35,38). The summed E-state index contributed by atoms with van der Waals surface area (Å²) in [7, 11) is 0. The van der Waals surface area contributed by atoms with Crippen LogP contribution in [0.5, 0.6) is 0 Å². The predicted octanol–water partition coefficient (Wildman–Crippen LogP) is 4.77. The van der Waals surface area contributed by atoms with Crippen molar-refractivity contribution in [2.75, 3.05) is 31.6 Å². The second kappa shape index (κ2) is 12.6. The molecule has 2 aliphatic rings. The van der Waals surface area contributed by atoms with Crippen LogP contribution in [-0.4, -0.2) is 54.4 Å². The van der Waals surface area contributed by atoms with Crippen LogP contribution in [0.15, 0.2) is 47.3 Å². The Morgan fingerprint density at radius 3 is 2.48 bits per heavy atom. The molecule has 0 unspecified atom stereocenters. The molecule has 2 fully saturated rings. The zero-order valence-corrected chi connectivity index (χ0v) is 23.4. The van der Waals surface area contributed by atoms with Gasteiger partial charge in [0.2, 0.25) is 0 Å². The van der Waals surface area contributed by atoms with Gasteiger partial charge in [-0.2, -0.15) is 0 Å². The average molecular weight is 542 g/mol.